The number of likely N-dealkylation sites (tertiary alicyclic amines) is 1. The first-order valence-corrected chi connectivity index (χ1v) is 6.57. The summed E-state index contributed by atoms with van der Waals surface area (Å²) in [4.78, 5) is 25.4. The van der Waals surface area contributed by atoms with Gasteiger partial charge in [0.25, 0.3) is 0 Å². The van der Waals surface area contributed by atoms with Gasteiger partial charge in [-0.2, -0.15) is 0 Å². The van der Waals surface area contributed by atoms with Gasteiger partial charge in [-0.25, -0.2) is 4.79 Å². The highest BCUT2D eigenvalue weighted by atomic mass is 16.2. The van der Waals surface area contributed by atoms with E-state index in [4.69, 9.17) is 5.73 Å². The molecule has 104 valence electrons. The highest BCUT2D eigenvalue weighted by Gasteiger charge is 2.28. The largest absolute Gasteiger partial charge is 0.355 e. The van der Waals surface area contributed by atoms with Crippen molar-refractivity contribution in [1.82, 2.24) is 15.5 Å². The number of piperidine rings is 1. The zero-order valence-electron chi connectivity index (χ0n) is 11.2. The van der Waals surface area contributed by atoms with E-state index in [0.29, 0.717) is 19.6 Å². The van der Waals surface area contributed by atoms with Crippen molar-refractivity contribution < 1.29 is 9.59 Å². The lowest BCUT2D eigenvalue weighted by Crippen LogP contribution is -2.50. The Kier molecular flexibility index (Phi) is 5.91. The van der Waals surface area contributed by atoms with Gasteiger partial charge in [-0.3, -0.25) is 4.79 Å². The Hall–Kier alpha value is -1.30. The van der Waals surface area contributed by atoms with E-state index in [9.17, 15) is 9.59 Å². The topological polar surface area (TPSA) is 87.5 Å². The maximum Gasteiger partial charge on any atom is 0.317 e. The van der Waals surface area contributed by atoms with Gasteiger partial charge in [0.15, 0.2) is 0 Å². The lowest BCUT2D eigenvalue weighted by Gasteiger charge is -2.32. The van der Waals surface area contributed by atoms with Gasteiger partial charge in [-0.15, -0.1) is 0 Å². The molecule has 0 aromatic rings. The standard InChI is InChI=1S/C12H24N4O2/c1-9(2)15-12(18)16-7-3-4-10(8-16)11(17)14-6-5-13/h9-10H,3-8,13H2,1-2H3,(H,14,17)(H,15,18). The van der Waals surface area contributed by atoms with Crippen LogP contribution in [0.1, 0.15) is 26.7 Å². The Morgan fingerprint density at radius 3 is 2.78 bits per heavy atom. The molecule has 1 fully saturated rings. The van der Waals surface area contributed by atoms with Crippen LogP contribution >= 0.6 is 0 Å². The third-order valence-electron chi connectivity index (χ3n) is 2.94. The average Bonchev–Trinajstić information content (AvgIpc) is 2.35. The maximum atomic E-state index is 11.9. The number of carbonyl (C=O) groups is 2. The molecule has 1 rings (SSSR count). The van der Waals surface area contributed by atoms with Gasteiger partial charge in [0.05, 0.1) is 5.92 Å². The first kappa shape index (κ1) is 14.8. The minimum atomic E-state index is -0.108. The molecule has 6 nitrogen and oxygen atoms in total. The van der Waals surface area contributed by atoms with Gasteiger partial charge in [-0.05, 0) is 26.7 Å². The number of amides is 3. The van der Waals surface area contributed by atoms with Crippen LogP contribution in [0.4, 0.5) is 4.79 Å². The molecule has 0 aromatic heterocycles. The summed E-state index contributed by atoms with van der Waals surface area (Å²) < 4.78 is 0. The number of nitrogens with zero attached hydrogens (tertiary/aromatic N) is 1. The van der Waals surface area contributed by atoms with Crippen molar-refractivity contribution in [1.29, 1.82) is 0 Å². The van der Waals surface area contributed by atoms with Gasteiger partial charge in [0.1, 0.15) is 0 Å². The van der Waals surface area contributed by atoms with Crippen molar-refractivity contribution in [2.45, 2.75) is 32.7 Å². The summed E-state index contributed by atoms with van der Waals surface area (Å²) in [6.07, 6.45) is 1.70. The van der Waals surface area contributed by atoms with Crippen molar-refractivity contribution in [2.75, 3.05) is 26.2 Å². The van der Waals surface area contributed by atoms with Crippen molar-refractivity contribution in [2.24, 2.45) is 11.7 Å². The molecule has 6 heteroatoms. The number of urea groups is 1. The molecule has 0 saturated carbocycles. The van der Waals surface area contributed by atoms with Crippen LogP contribution in [0.25, 0.3) is 0 Å². The predicted molar refractivity (Wildman–Crippen MR) is 70.0 cm³/mol. The lowest BCUT2D eigenvalue weighted by molar-refractivity contribution is -0.126. The zero-order chi connectivity index (χ0) is 13.5. The molecular formula is C12H24N4O2. The minimum absolute atomic E-state index is 0.00231. The third-order valence-corrected chi connectivity index (χ3v) is 2.94. The van der Waals surface area contributed by atoms with Gasteiger partial charge in [-0.1, -0.05) is 0 Å². The van der Waals surface area contributed by atoms with Crippen molar-refractivity contribution in [3.8, 4) is 0 Å². The molecule has 0 spiro atoms. The predicted octanol–water partition coefficient (Wildman–Crippen LogP) is -0.109. The molecular weight excluding hydrogens is 232 g/mol. The molecule has 3 amide bonds. The molecule has 1 atom stereocenters. The van der Waals surface area contributed by atoms with E-state index >= 15 is 0 Å². The van der Waals surface area contributed by atoms with E-state index in [1.165, 1.54) is 0 Å². The summed E-state index contributed by atoms with van der Waals surface area (Å²) in [7, 11) is 0. The van der Waals surface area contributed by atoms with Crippen molar-refractivity contribution >= 4 is 11.9 Å². The Balaban J connectivity index is 2.45. The van der Waals surface area contributed by atoms with Crippen LogP contribution in [-0.2, 0) is 4.79 Å². The van der Waals surface area contributed by atoms with E-state index in [1.807, 2.05) is 13.8 Å². The Bertz CT molecular complexity index is 294. The molecule has 1 heterocycles. The molecule has 1 aliphatic heterocycles. The average molecular weight is 256 g/mol. The van der Waals surface area contributed by atoms with E-state index in [0.717, 1.165) is 19.4 Å². The molecule has 0 aliphatic carbocycles. The fraction of sp³-hybridized carbons (Fsp3) is 0.833. The van der Waals surface area contributed by atoms with Crippen LogP contribution in [0, 0.1) is 5.92 Å². The van der Waals surface area contributed by atoms with E-state index < -0.39 is 0 Å². The Morgan fingerprint density at radius 2 is 2.17 bits per heavy atom. The van der Waals surface area contributed by atoms with E-state index in [1.54, 1.807) is 4.90 Å². The highest BCUT2D eigenvalue weighted by molar-refractivity contribution is 5.80. The maximum absolute atomic E-state index is 11.9. The summed E-state index contributed by atoms with van der Waals surface area (Å²) in [5.41, 5.74) is 5.35. The quantitative estimate of drug-likeness (QED) is 0.656. The second-order valence-corrected chi connectivity index (χ2v) is 4.97. The molecule has 1 unspecified atom stereocenters. The molecule has 0 aromatic carbocycles. The van der Waals surface area contributed by atoms with Gasteiger partial charge in [0, 0.05) is 32.2 Å². The smallest absolute Gasteiger partial charge is 0.317 e. The van der Waals surface area contributed by atoms with E-state index in [-0.39, 0.29) is 23.9 Å². The minimum Gasteiger partial charge on any atom is -0.355 e. The summed E-state index contributed by atoms with van der Waals surface area (Å²) in [5, 5.41) is 5.63. The molecule has 0 radical (unpaired) electrons. The van der Waals surface area contributed by atoms with Crippen LogP contribution in [0.3, 0.4) is 0 Å². The number of carbonyl (C=O) groups excluding carboxylic acids is 2. The molecule has 1 saturated heterocycles. The number of nitrogens with two attached hydrogens (primary N) is 1. The first-order chi connectivity index (χ1) is 8.54. The molecule has 4 N–H and O–H groups in total. The number of nitrogens with one attached hydrogen (secondary N) is 2. The first-order valence-electron chi connectivity index (χ1n) is 6.57. The van der Waals surface area contributed by atoms with E-state index in [2.05, 4.69) is 10.6 Å². The van der Waals surface area contributed by atoms with Crippen molar-refractivity contribution in [3.63, 3.8) is 0 Å². The van der Waals surface area contributed by atoms with Crippen molar-refractivity contribution in [3.05, 3.63) is 0 Å². The summed E-state index contributed by atoms with van der Waals surface area (Å²) in [6, 6.07) is 0.0327. The van der Waals surface area contributed by atoms with Crippen LogP contribution < -0.4 is 16.4 Å². The normalized spacial score (nSPS) is 19.8. The van der Waals surface area contributed by atoms with Gasteiger partial charge >= 0.3 is 6.03 Å². The fourth-order valence-corrected chi connectivity index (χ4v) is 2.05. The van der Waals surface area contributed by atoms with Gasteiger partial charge < -0.3 is 21.3 Å². The second kappa shape index (κ2) is 7.20. The summed E-state index contributed by atoms with van der Waals surface area (Å²) >= 11 is 0. The lowest BCUT2D eigenvalue weighted by atomic mass is 9.97. The number of hydrogen-bond acceptors (Lipinski definition) is 3. The second-order valence-electron chi connectivity index (χ2n) is 4.97. The highest BCUT2D eigenvalue weighted by Crippen LogP contribution is 2.16. The van der Waals surface area contributed by atoms with Gasteiger partial charge in [0.2, 0.25) is 5.91 Å². The number of hydrogen-bond donors (Lipinski definition) is 3. The Morgan fingerprint density at radius 1 is 1.44 bits per heavy atom. The zero-order valence-corrected chi connectivity index (χ0v) is 11.2. The third kappa shape index (κ3) is 4.52. The monoisotopic (exact) mass is 256 g/mol. The molecule has 0 bridgehead atoms. The van der Waals surface area contributed by atoms with Crippen LogP contribution in [0.5, 0.6) is 0 Å². The summed E-state index contributed by atoms with van der Waals surface area (Å²) in [6.45, 7) is 6.00. The molecule has 18 heavy (non-hydrogen) atoms. The van der Waals surface area contributed by atoms with Crippen LogP contribution in [0.15, 0.2) is 0 Å². The van der Waals surface area contributed by atoms with Crippen LogP contribution in [0.2, 0.25) is 0 Å². The number of rotatable bonds is 4. The summed E-state index contributed by atoms with van der Waals surface area (Å²) in [5.74, 6) is -0.106. The van der Waals surface area contributed by atoms with Crippen LogP contribution in [-0.4, -0.2) is 49.1 Å². The Labute approximate surface area is 108 Å². The fourth-order valence-electron chi connectivity index (χ4n) is 2.05. The molecule has 1 aliphatic rings. The SMILES string of the molecule is CC(C)NC(=O)N1CCCC(C(=O)NCCN)C1.